The van der Waals surface area contributed by atoms with Crippen LogP contribution in [0.1, 0.15) is 37.1 Å². The highest BCUT2D eigenvalue weighted by atomic mass is 32.1. The summed E-state index contributed by atoms with van der Waals surface area (Å²) in [6, 6.07) is 20.5. The van der Waals surface area contributed by atoms with E-state index >= 15 is 0 Å². The van der Waals surface area contributed by atoms with Crippen LogP contribution in [0, 0.1) is 5.41 Å². The van der Waals surface area contributed by atoms with E-state index in [1.165, 1.54) is 21.1 Å². The number of ether oxygens (including phenoxy) is 1. The zero-order valence-electron chi connectivity index (χ0n) is 27.4. The van der Waals surface area contributed by atoms with E-state index in [2.05, 4.69) is 10.6 Å². The number of carbonyl (C=O) groups excluding carboxylic acids is 3. The third-order valence-corrected chi connectivity index (χ3v) is 9.50. The molecule has 4 rings (SSSR count). The highest BCUT2D eigenvalue weighted by molar-refractivity contribution is 7.09. The number of aliphatic hydroxyl groups is 1. The number of carbonyl (C=O) groups is 3. The smallest absolute Gasteiger partial charge is 0.249 e. The fraction of sp³-hybridized carbons (Fsp3) is 0.472. The first-order valence-corrected chi connectivity index (χ1v) is 16.8. The molecular formula is C36H48N4O5S. The van der Waals surface area contributed by atoms with Crippen LogP contribution in [0.2, 0.25) is 0 Å². The van der Waals surface area contributed by atoms with Gasteiger partial charge in [0.25, 0.3) is 0 Å². The van der Waals surface area contributed by atoms with Crippen LogP contribution in [-0.2, 0) is 32.0 Å². The van der Waals surface area contributed by atoms with Gasteiger partial charge in [0.1, 0.15) is 18.7 Å². The Hall–Kier alpha value is -3.57. The van der Waals surface area contributed by atoms with E-state index < -0.39 is 17.5 Å². The molecule has 1 fully saturated rings. The van der Waals surface area contributed by atoms with Gasteiger partial charge < -0.3 is 30.3 Å². The predicted octanol–water partition coefficient (Wildman–Crippen LogP) is 3.76. The van der Waals surface area contributed by atoms with Crippen LogP contribution < -0.4 is 10.6 Å². The number of rotatable bonds is 16. The number of hydrogen-bond acceptors (Lipinski definition) is 7. The summed E-state index contributed by atoms with van der Waals surface area (Å²) in [5.74, 6) is -0.939. The number of nitrogens with one attached hydrogen (secondary N) is 2. The summed E-state index contributed by atoms with van der Waals surface area (Å²) in [5, 5.41) is 18.0. The minimum Gasteiger partial charge on any atom is -0.396 e. The highest BCUT2D eigenvalue weighted by Crippen LogP contribution is 2.22. The Morgan fingerprint density at radius 3 is 2.33 bits per heavy atom. The Bertz CT molecular complexity index is 1390. The molecule has 3 atom stereocenters. The minimum absolute atomic E-state index is 0.0887. The lowest BCUT2D eigenvalue weighted by Crippen LogP contribution is -2.57. The van der Waals surface area contributed by atoms with Crippen LogP contribution >= 0.6 is 11.3 Å². The topological polar surface area (TPSA) is 111 Å². The molecule has 1 aliphatic heterocycles. The van der Waals surface area contributed by atoms with E-state index in [0.29, 0.717) is 13.0 Å². The SMILES string of the molecule is CN(C(=O)COC[C@H]1CCCN1)[C@H](Cc1ccc(-c2ccccc2)cc1)C(=O)N(C)[C@H](Cc1cccs1)C(=O)NCC(C)(C)CO. The molecular weight excluding hydrogens is 600 g/mol. The zero-order valence-corrected chi connectivity index (χ0v) is 28.2. The fourth-order valence-electron chi connectivity index (χ4n) is 5.45. The summed E-state index contributed by atoms with van der Waals surface area (Å²) in [5.41, 5.74) is 2.53. The van der Waals surface area contributed by atoms with Gasteiger partial charge in [0, 0.05) is 56.4 Å². The summed E-state index contributed by atoms with van der Waals surface area (Å²) in [4.78, 5) is 45.3. The number of hydrogen-bond donors (Lipinski definition) is 3. The predicted molar refractivity (Wildman–Crippen MR) is 182 cm³/mol. The summed E-state index contributed by atoms with van der Waals surface area (Å²) >= 11 is 1.52. The molecule has 9 nitrogen and oxygen atoms in total. The standard InChI is InChI=1S/C36H48N4O5S/c1-36(2,25-41)24-38-34(43)31(21-30-13-9-19-46-30)40(4)35(44)32(39(3)33(42)23-45-22-29-12-8-18-37-29)20-26-14-16-28(17-15-26)27-10-6-5-7-11-27/h5-7,9-11,13-17,19,29,31-32,37,41H,8,12,18,20-25H2,1-4H3,(H,38,43)/t29-,31-,32-/m1/s1. The molecule has 3 N–H and O–H groups in total. The van der Waals surface area contributed by atoms with E-state index in [9.17, 15) is 19.5 Å². The Morgan fingerprint density at radius 1 is 0.978 bits per heavy atom. The minimum atomic E-state index is -0.860. The van der Waals surface area contributed by atoms with Crippen LogP contribution in [0.4, 0.5) is 0 Å². The number of thiophene rings is 1. The van der Waals surface area contributed by atoms with Crippen LogP contribution in [-0.4, -0.2) is 97.8 Å². The molecule has 0 unspecified atom stereocenters. The average Bonchev–Trinajstić information content (AvgIpc) is 3.80. The Kier molecular flexibility index (Phi) is 12.9. The maximum absolute atomic E-state index is 14.4. The molecule has 1 aliphatic rings. The van der Waals surface area contributed by atoms with E-state index in [-0.39, 0.29) is 49.9 Å². The average molecular weight is 649 g/mol. The van der Waals surface area contributed by atoms with Crippen molar-refractivity contribution in [2.45, 2.75) is 57.7 Å². The molecule has 248 valence electrons. The second kappa shape index (κ2) is 16.8. The number of aliphatic hydroxyl groups excluding tert-OH is 1. The van der Waals surface area contributed by atoms with Gasteiger partial charge in [-0.15, -0.1) is 11.3 Å². The summed E-state index contributed by atoms with van der Waals surface area (Å²) in [7, 11) is 3.26. The highest BCUT2D eigenvalue weighted by Gasteiger charge is 2.36. The maximum Gasteiger partial charge on any atom is 0.249 e. The van der Waals surface area contributed by atoms with Crippen molar-refractivity contribution >= 4 is 29.1 Å². The first kappa shape index (κ1) is 35.3. The lowest BCUT2D eigenvalue weighted by Gasteiger charge is -2.35. The van der Waals surface area contributed by atoms with Gasteiger partial charge >= 0.3 is 0 Å². The van der Waals surface area contributed by atoms with E-state index in [1.807, 2.05) is 86.0 Å². The van der Waals surface area contributed by atoms with Crippen molar-refractivity contribution in [2.75, 3.05) is 47.0 Å². The molecule has 2 aromatic carbocycles. The number of amides is 3. The summed E-state index contributed by atoms with van der Waals surface area (Å²) < 4.78 is 5.77. The zero-order chi connectivity index (χ0) is 33.1. The molecule has 0 saturated carbocycles. The largest absolute Gasteiger partial charge is 0.396 e. The summed E-state index contributed by atoms with van der Waals surface area (Å²) in [6.07, 6.45) is 2.71. The fourth-order valence-corrected chi connectivity index (χ4v) is 6.20. The molecule has 10 heteroatoms. The quantitative estimate of drug-likeness (QED) is 0.218. The van der Waals surface area contributed by atoms with Crippen molar-refractivity contribution in [3.8, 4) is 11.1 Å². The normalized spacial score (nSPS) is 16.1. The second-order valence-corrected chi connectivity index (χ2v) is 13.9. The first-order chi connectivity index (χ1) is 22.1. The van der Waals surface area contributed by atoms with Gasteiger partial charge in [-0.25, -0.2) is 0 Å². The molecule has 46 heavy (non-hydrogen) atoms. The molecule has 1 aromatic heterocycles. The van der Waals surface area contributed by atoms with Gasteiger partial charge in [-0.3, -0.25) is 14.4 Å². The second-order valence-electron chi connectivity index (χ2n) is 12.9. The van der Waals surface area contributed by atoms with Crippen LogP contribution in [0.15, 0.2) is 72.1 Å². The van der Waals surface area contributed by atoms with E-state index in [1.54, 1.807) is 14.1 Å². The molecule has 0 bridgehead atoms. The number of nitrogens with zero attached hydrogens (tertiary/aromatic N) is 2. The molecule has 2 heterocycles. The maximum atomic E-state index is 14.4. The van der Waals surface area contributed by atoms with Crippen molar-refractivity contribution in [3.63, 3.8) is 0 Å². The third-order valence-electron chi connectivity index (χ3n) is 8.60. The van der Waals surface area contributed by atoms with E-state index in [4.69, 9.17) is 4.74 Å². The van der Waals surface area contributed by atoms with Gasteiger partial charge in [-0.05, 0) is 47.5 Å². The lowest BCUT2D eigenvalue weighted by molar-refractivity contribution is -0.149. The molecule has 0 spiro atoms. The monoisotopic (exact) mass is 648 g/mol. The Balaban J connectivity index is 1.55. The first-order valence-electron chi connectivity index (χ1n) is 16.0. The molecule has 1 saturated heterocycles. The van der Waals surface area contributed by atoms with Crippen molar-refractivity contribution in [1.29, 1.82) is 0 Å². The van der Waals surface area contributed by atoms with Gasteiger partial charge in [-0.1, -0.05) is 74.5 Å². The summed E-state index contributed by atoms with van der Waals surface area (Å²) in [6.45, 7) is 5.15. The van der Waals surface area contributed by atoms with Crippen molar-refractivity contribution < 1.29 is 24.2 Å². The van der Waals surface area contributed by atoms with Gasteiger partial charge in [-0.2, -0.15) is 0 Å². The lowest BCUT2D eigenvalue weighted by atomic mass is 9.94. The van der Waals surface area contributed by atoms with Crippen molar-refractivity contribution in [2.24, 2.45) is 5.41 Å². The van der Waals surface area contributed by atoms with Gasteiger partial charge in [0.2, 0.25) is 17.7 Å². The van der Waals surface area contributed by atoms with Gasteiger partial charge in [0.05, 0.1) is 6.61 Å². The molecule has 0 aliphatic carbocycles. The van der Waals surface area contributed by atoms with Crippen molar-refractivity contribution in [1.82, 2.24) is 20.4 Å². The van der Waals surface area contributed by atoms with E-state index in [0.717, 1.165) is 41.0 Å². The molecule has 3 amide bonds. The molecule has 3 aromatic rings. The Morgan fingerprint density at radius 2 is 1.70 bits per heavy atom. The number of benzene rings is 2. The van der Waals surface area contributed by atoms with Crippen LogP contribution in [0.3, 0.4) is 0 Å². The van der Waals surface area contributed by atoms with Crippen LogP contribution in [0.5, 0.6) is 0 Å². The van der Waals surface area contributed by atoms with Gasteiger partial charge in [0.15, 0.2) is 0 Å². The molecule has 0 radical (unpaired) electrons. The Labute approximate surface area is 276 Å². The number of likely N-dealkylation sites (N-methyl/N-ethyl adjacent to an activating group) is 2. The third kappa shape index (κ3) is 9.96. The van der Waals surface area contributed by atoms with Crippen LogP contribution in [0.25, 0.3) is 11.1 Å². The van der Waals surface area contributed by atoms with Crippen molar-refractivity contribution in [3.05, 3.63) is 82.6 Å².